The summed E-state index contributed by atoms with van der Waals surface area (Å²) in [7, 11) is 0. The zero-order valence-electron chi connectivity index (χ0n) is 7.98. The lowest BCUT2D eigenvalue weighted by atomic mass is 10.2. The first-order chi connectivity index (χ1) is 6.43. The second kappa shape index (κ2) is 6.18. The van der Waals surface area contributed by atoms with Gasteiger partial charge in [-0.2, -0.15) is 0 Å². The lowest BCUT2D eigenvalue weighted by Crippen LogP contribution is -1.79. The Hall–Kier alpha value is -1.37. The average Bonchev–Trinajstić information content (AvgIpc) is 2.19. The molecule has 1 aromatic rings. The zero-order chi connectivity index (χ0) is 9.36. The van der Waals surface area contributed by atoms with E-state index < -0.39 is 0 Å². The predicted molar refractivity (Wildman–Crippen MR) is 58.1 cm³/mol. The molecule has 13 heavy (non-hydrogen) atoms. The van der Waals surface area contributed by atoms with Crippen LogP contribution in [0.2, 0.25) is 0 Å². The summed E-state index contributed by atoms with van der Waals surface area (Å²) in [5.74, 6) is 0. The molecule has 0 aliphatic rings. The number of nitrogens with zero attached hydrogens (tertiary/aromatic N) is 1. The van der Waals surface area contributed by atoms with Crippen molar-refractivity contribution in [1.82, 2.24) is 0 Å². The molecule has 0 radical (unpaired) electrons. The summed E-state index contributed by atoms with van der Waals surface area (Å²) < 4.78 is 0. The Balaban J connectivity index is 2.35. The van der Waals surface area contributed by atoms with Crippen LogP contribution in [0.5, 0.6) is 0 Å². The van der Waals surface area contributed by atoms with Crippen molar-refractivity contribution >= 4 is 6.21 Å². The standard InChI is InChI=1S/C12H15N/c1-2-3-7-10-13-11-12-8-5-4-6-9-12/h3-10H,2,11H2,1H3. The quantitative estimate of drug-likeness (QED) is 0.620. The van der Waals surface area contributed by atoms with Crippen LogP contribution in [0.1, 0.15) is 18.9 Å². The molecule has 0 N–H and O–H groups in total. The van der Waals surface area contributed by atoms with E-state index in [-0.39, 0.29) is 0 Å². The van der Waals surface area contributed by atoms with Crippen LogP contribution in [0.3, 0.4) is 0 Å². The van der Waals surface area contributed by atoms with Gasteiger partial charge in [-0.25, -0.2) is 0 Å². The third-order valence-electron chi connectivity index (χ3n) is 1.68. The van der Waals surface area contributed by atoms with Crippen LogP contribution in [-0.2, 0) is 6.54 Å². The van der Waals surface area contributed by atoms with Gasteiger partial charge in [0.05, 0.1) is 6.54 Å². The van der Waals surface area contributed by atoms with Crippen LogP contribution in [-0.4, -0.2) is 6.21 Å². The van der Waals surface area contributed by atoms with E-state index >= 15 is 0 Å². The minimum Gasteiger partial charge on any atom is -0.288 e. The SMILES string of the molecule is CCC=CC=NCc1ccccc1. The van der Waals surface area contributed by atoms with Gasteiger partial charge in [-0.1, -0.05) is 43.3 Å². The van der Waals surface area contributed by atoms with Crippen molar-refractivity contribution in [3.05, 3.63) is 48.0 Å². The maximum Gasteiger partial charge on any atom is 0.0639 e. The van der Waals surface area contributed by atoms with E-state index in [0.717, 1.165) is 13.0 Å². The minimum absolute atomic E-state index is 0.773. The molecule has 1 aromatic carbocycles. The Morgan fingerprint density at radius 1 is 1.23 bits per heavy atom. The summed E-state index contributed by atoms with van der Waals surface area (Å²) in [6.45, 7) is 2.89. The molecule has 0 bridgehead atoms. The van der Waals surface area contributed by atoms with Gasteiger partial charge in [0.1, 0.15) is 0 Å². The van der Waals surface area contributed by atoms with Crippen molar-refractivity contribution in [3.63, 3.8) is 0 Å². The Labute approximate surface area is 79.8 Å². The van der Waals surface area contributed by atoms with Crippen molar-refractivity contribution in [2.45, 2.75) is 19.9 Å². The normalized spacial score (nSPS) is 11.5. The lowest BCUT2D eigenvalue weighted by Gasteiger charge is -1.92. The van der Waals surface area contributed by atoms with Gasteiger partial charge in [0.15, 0.2) is 0 Å². The summed E-state index contributed by atoms with van der Waals surface area (Å²) in [5.41, 5.74) is 1.25. The number of benzene rings is 1. The number of hydrogen-bond donors (Lipinski definition) is 0. The lowest BCUT2D eigenvalue weighted by molar-refractivity contribution is 1.08. The molecule has 0 saturated heterocycles. The van der Waals surface area contributed by atoms with Gasteiger partial charge < -0.3 is 0 Å². The van der Waals surface area contributed by atoms with Gasteiger partial charge in [-0.15, -0.1) is 0 Å². The summed E-state index contributed by atoms with van der Waals surface area (Å²) in [6.07, 6.45) is 7.01. The molecule has 0 aliphatic carbocycles. The van der Waals surface area contributed by atoms with Crippen molar-refractivity contribution in [3.8, 4) is 0 Å². The summed E-state index contributed by atoms with van der Waals surface area (Å²) in [4.78, 5) is 4.27. The smallest absolute Gasteiger partial charge is 0.0639 e. The average molecular weight is 173 g/mol. The van der Waals surface area contributed by atoms with Crippen LogP contribution < -0.4 is 0 Å². The highest BCUT2D eigenvalue weighted by atomic mass is 14.7. The van der Waals surface area contributed by atoms with Crippen molar-refractivity contribution in [2.24, 2.45) is 4.99 Å². The number of allylic oxidation sites excluding steroid dienone is 2. The van der Waals surface area contributed by atoms with Crippen LogP contribution in [0.15, 0.2) is 47.5 Å². The topological polar surface area (TPSA) is 12.4 Å². The molecule has 0 heterocycles. The van der Waals surface area contributed by atoms with Crippen LogP contribution in [0.25, 0.3) is 0 Å². The second-order valence-corrected chi connectivity index (χ2v) is 2.81. The molecule has 0 saturated carbocycles. The molecule has 1 rings (SSSR count). The molecule has 0 fully saturated rings. The predicted octanol–water partition coefficient (Wildman–Crippen LogP) is 3.22. The molecule has 0 aromatic heterocycles. The third kappa shape index (κ3) is 4.26. The first kappa shape index (κ1) is 9.72. The Bertz CT molecular complexity index is 272. The molecule has 0 amide bonds. The van der Waals surface area contributed by atoms with E-state index in [4.69, 9.17) is 0 Å². The molecule has 0 aliphatic heterocycles. The maximum atomic E-state index is 4.27. The number of rotatable bonds is 4. The molecule has 0 unspecified atom stereocenters. The second-order valence-electron chi connectivity index (χ2n) is 2.81. The van der Waals surface area contributed by atoms with Crippen molar-refractivity contribution in [2.75, 3.05) is 0 Å². The summed E-state index contributed by atoms with van der Waals surface area (Å²) in [6, 6.07) is 10.3. The van der Waals surface area contributed by atoms with Crippen LogP contribution in [0.4, 0.5) is 0 Å². The monoisotopic (exact) mass is 173 g/mol. The van der Waals surface area contributed by atoms with Crippen molar-refractivity contribution < 1.29 is 0 Å². The largest absolute Gasteiger partial charge is 0.288 e. The summed E-state index contributed by atoms with van der Waals surface area (Å²) in [5, 5.41) is 0. The fraction of sp³-hybridized carbons (Fsp3) is 0.250. The summed E-state index contributed by atoms with van der Waals surface area (Å²) >= 11 is 0. The first-order valence-corrected chi connectivity index (χ1v) is 4.62. The van der Waals surface area contributed by atoms with E-state index in [0.29, 0.717) is 0 Å². The Morgan fingerprint density at radius 3 is 2.69 bits per heavy atom. The highest BCUT2D eigenvalue weighted by Crippen LogP contribution is 1.99. The highest BCUT2D eigenvalue weighted by molar-refractivity contribution is 5.70. The van der Waals surface area contributed by atoms with Gasteiger partial charge in [-0.05, 0) is 18.1 Å². The van der Waals surface area contributed by atoms with E-state index in [1.54, 1.807) is 0 Å². The molecule has 0 spiro atoms. The van der Waals surface area contributed by atoms with Gasteiger partial charge in [0.25, 0.3) is 0 Å². The minimum atomic E-state index is 0.773. The van der Waals surface area contributed by atoms with Gasteiger partial charge in [0.2, 0.25) is 0 Å². The van der Waals surface area contributed by atoms with Crippen molar-refractivity contribution in [1.29, 1.82) is 0 Å². The van der Waals surface area contributed by atoms with Crippen LogP contribution in [0, 0.1) is 0 Å². The fourth-order valence-corrected chi connectivity index (χ4v) is 0.999. The van der Waals surface area contributed by atoms with E-state index in [1.165, 1.54) is 5.56 Å². The third-order valence-corrected chi connectivity index (χ3v) is 1.68. The molecule has 0 atom stereocenters. The molecular formula is C12H15N. The van der Waals surface area contributed by atoms with Gasteiger partial charge in [0, 0.05) is 6.21 Å². The highest BCUT2D eigenvalue weighted by Gasteiger charge is 1.84. The van der Waals surface area contributed by atoms with Crippen LogP contribution >= 0.6 is 0 Å². The van der Waals surface area contributed by atoms with E-state index in [9.17, 15) is 0 Å². The fourth-order valence-electron chi connectivity index (χ4n) is 0.999. The van der Waals surface area contributed by atoms with E-state index in [1.807, 2.05) is 30.5 Å². The zero-order valence-corrected chi connectivity index (χ0v) is 7.98. The molecule has 1 nitrogen and oxygen atoms in total. The number of hydrogen-bond acceptors (Lipinski definition) is 1. The van der Waals surface area contributed by atoms with E-state index in [2.05, 4.69) is 30.1 Å². The Kier molecular flexibility index (Phi) is 4.62. The first-order valence-electron chi connectivity index (χ1n) is 4.62. The van der Waals surface area contributed by atoms with Gasteiger partial charge in [-0.3, -0.25) is 4.99 Å². The Morgan fingerprint density at radius 2 is 2.00 bits per heavy atom. The van der Waals surface area contributed by atoms with Gasteiger partial charge >= 0.3 is 0 Å². The number of aliphatic imine (C=N–C) groups is 1. The molecule has 68 valence electrons. The molecule has 1 heteroatoms. The molecular weight excluding hydrogens is 158 g/mol. The maximum absolute atomic E-state index is 4.27.